The average Bonchev–Trinajstić information content (AvgIpc) is 2.69. The van der Waals surface area contributed by atoms with Gasteiger partial charge in [0.25, 0.3) is 0 Å². The number of rotatable bonds is 1. The number of aryl methyl sites for hydroxylation is 2. The number of nitrogens with zero attached hydrogens (tertiary/aromatic N) is 2. The Balaban J connectivity index is 0.000000461. The van der Waals surface area contributed by atoms with Gasteiger partial charge in [0, 0.05) is 24.1 Å². The van der Waals surface area contributed by atoms with Crippen LogP contribution in [0.4, 0.5) is 0 Å². The molecule has 0 bridgehead atoms. The van der Waals surface area contributed by atoms with Crippen molar-refractivity contribution in [1.29, 1.82) is 0 Å². The maximum atomic E-state index is 5.37. The molecule has 0 aliphatic carbocycles. The van der Waals surface area contributed by atoms with Crippen LogP contribution in [0, 0.1) is 6.92 Å². The van der Waals surface area contributed by atoms with Crippen molar-refractivity contribution >= 4 is 0 Å². The Morgan fingerprint density at radius 2 is 2.00 bits per heavy atom. The lowest BCUT2D eigenvalue weighted by Crippen LogP contribution is -1.98. The fraction of sp³-hybridized carbons (Fsp3) is 0.636. The number of hydrogen-bond donors (Lipinski definition) is 0. The second kappa shape index (κ2) is 4.94. The third-order valence-electron chi connectivity index (χ3n) is 2.13. The summed E-state index contributed by atoms with van der Waals surface area (Å²) in [5.41, 5.74) is 2.27. The van der Waals surface area contributed by atoms with E-state index in [-0.39, 0.29) is 0 Å². The molecule has 1 aliphatic rings. The molecule has 0 radical (unpaired) electrons. The average molecular weight is 194 g/mol. The van der Waals surface area contributed by atoms with Gasteiger partial charge < -0.3 is 4.74 Å². The van der Waals surface area contributed by atoms with E-state index in [1.165, 1.54) is 5.56 Å². The van der Waals surface area contributed by atoms with Crippen molar-refractivity contribution in [1.82, 2.24) is 9.97 Å². The van der Waals surface area contributed by atoms with Crippen molar-refractivity contribution in [2.75, 3.05) is 6.61 Å². The highest BCUT2D eigenvalue weighted by Gasteiger charge is 2.17. The third kappa shape index (κ3) is 2.03. The topological polar surface area (TPSA) is 35.0 Å². The lowest BCUT2D eigenvalue weighted by molar-refractivity contribution is 0.343. The monoisotopic (exact) mass is 194 g/mol. The van der Waals surface area contributed by atoms with Crippen LogP contribution < -0.4 is 4.74 Å². The molecular formula is C11H18N2O. The van der Waals surface area contributed by atoms with E-state index in [1.807, 2.05) is 20.8 Å². The zero-order valence-corrected chi connectivity index (χ0v) is 9.42. The highest BCUT2D eigenvalue weighted by atomic mass is 16.5. The summed E-state index contributed by atoms with van der Waals surface area (Å²) >= 11 is 0. The lowest BCUT2D eigenvalue weighted by atomic mass is 10.2. The van der Waals surface area contributed by atoms with E-state index in [0.29, 0.717) is 0 Å². The zero-order valence-electron chi connectivity index (χ0n) is 9.42. The quantitative estimate of drug-likeness (QED) is 0.688. The molecular weight excluding hydrogens is 176 g/mol. The molecule has 0 spiro atoms. The SMILES string of the molecule is CC.CCc1nc(C)c2c(n1)OCC2. The van der Waals surface area contributed by atoms with E-state index >= 15 is 0 Å². The van der Waals surface area contributed by atoms with Gasteiger partial charge in [-0.15, -0.1) is 0 Å². The standard InChI is InChI=1S/C9H12N2O.C2H6/c1-3-8-10-6(2)7-4-5-12-9(7)11-8;1-2/h3-5H2,1-2H3;1-2H3. The van der Waals surface area contributed by atoms with E-state index in [4.69, 9.17) is 4.74 Å². The molecule has 0 unspecified atom stereocenters. The van der Waals surface area contributed by atoms with Crippen molar-refractivity contribution < 1.29 is 4.74 Å². The molecule has 2 heterocycles. The van der Waals surface area contributed by atoms with Crippen LogP contribution in [0.5, 0.6) is 5.88 Å². The van der Waals surface area contributed by atoms with E-state index in [2.05, 4.69) is 16.9 Å². The van der Waals surface area contributed by atoms with Crippen molar-refractivity contribution in [2.24, 2.45) is 0 Å². The van der Waals surface area contributed by atoms with E-state index in [9.17, 15) is 0 Å². The fourth-order valence-corrected chi connectivity index (χ4v) is 1.44. The van der Waals surface area contributed by atoms with Gasteiger partial charge in [0.15, 0.2) is 0 Å². The van der Waals surface area contributed by atoms with Crippen molar-refractivity contribution in [3.8, 4) is 5.88 Å². The highest BCUT2D eigenvalue weighted by Crippen LogP contribution is 2.24. The number of fused-ring (bicyclic) bond motifs is 1. The van der Waals surface area contributed by atoms with Gasteiger partial charge in [-0.25, -0.2) is 4.98 Å². The van der Waals surface area contributed by atoms with E-state index in [0.717, 1.165) is 36.8 Å². The van der Waals surface area contributed by atoms with Crippen molar-refractivity contribution in [3.63, 3.8) is 0 Å². The second-order valence-corrected chi connectivity index (χ2v) is 2.96. The van der Waals surface area contributed by atoms with Gasteiger partial charge in [0.2, 0.25) is 5.88 Å². The molecule has 0 saturated heterocycles. The number of hydrogen-bond acceptors (Lipinski definition) is 3. The van der Waals surface area contributed by atoms with Crippen molar-refractivity contribution in [3.05, 3.63) is 17.1 Å². The third-order valence-corrected chi connectivity index (χ3v) is 2.13. The van der Waals surface area contributed by atoms with E-state index < -0.39 is 0 Å². The Labute approximate surface area is 85.5 Å². The minimum Gasteiger partial charge on any atom is -0.477 e. The summed E-state index contributed by atoms with van der Waals surface area (Å²) in [5, 5.41) is 0. The second-order valence-electron chi connectivity index (χ2n) is 2.96. The fourth-order valence-electron chi connectivity index (χ4n) is 1.44. The lowest BCUT2D eigenvalue weighted by Gasteiger charge is -2.02. The Morgan fingerprint density at radius 1 is 1.29 bits per heavy atom. The molecule has 0 atom stereocenters. The zero-order chi connectivity index (χ0) is 10.6. The smallest absolute Gasteiger partial charge is 0.220 e. The highest BCUT2D eigenvalue weighted by molar-refractivity contribution is 5.33. The van der Waals surface area contributed by atoms with Crippen LogP contribution >= 0.6 is 0 Å². The predicted molar refractivity (Wildman–Crippen MR) is 56.7 cm³/mol. The van der Waals surface area contributed by atoms with Gasteiger partial charge in [0.05, 0.1) is 6.61 Å². The van der Waals surface area contributed by atoms with Gasteiger partial charge in [0.1, 0.15) is 5.82 Å². The molecule has 1 aliphatic heterocycles. The summed E-state index contributed by atoms with van der Waals surface area (Å²) in [6.45, 7) is 8.84. The van der Waals surface area contributed by atoms with Crippen LogP contribution in [0.15, 0.2) is 0 Å². The summed E-state index contributed by atoms with van der Waals surface area (Å²) in [4.78, 5) is 8.67. The van der Waals surface area contributed by atoms with Gasteiger partial charge in [-0.3, -0.25) is 0 Å². The molecule has 1 aromatic heterocycles. The minimum atomic E-state index is 0.762. The van der Waals surface area contributed by atoms with Gasteiger partial charge in [-0.1, -0.05) is 20.8 Å². The summed E-state index contributed by atoms with van der Waals surface area (Å²) in [5.74, 6) is 1.69. The molecule has 2 rings (SSSR count). The van der Waals surface area contributed by atoms with Gasteiger partial charge in [-0.05, 0) is 6.92 Å². The Bertz CT molecular complexity index is 310. The molecule has 14 heavy (non-hydrogen) atoms. The normalized spacial score (nSPS) is 12.6. The first-order chi connectivity index (χ1) is 6.81. The molecule has 0 fully saturated rings. The van der Waals surface area contributed by atoms with Crippen LogP contribution in [0.2, 0.25) is 0 Å². The molecule has 78 valence electrons. The molecule has 0 saturated carbocycles. The molecule has 0 aromatic carbocycles. The van der Waals surface area contributed by atoms with Crippen LogP contribution in [-0.4, -0.2) is 16.6 Å². The van der Waals surface area contributed by atoms with Crippen molar-refractivity contribution in [2.45, 2.75) is 40.5 Å². The van der Waals surface area contributed by atoms with Crippen LogP contribution in [0.3, 0.4) is 0 Å². The van der Waals surface area contributed by atoms with Gasteiger partial charge >= 0.3 is 0 Å². The predicted octanol–water partition coefficient (Wildman–Crippen LogP) is 2.31. The summed E-state index contributed by atoms with van der Waals surface area (Å²) in [6, 6.07) is 0. The molecule has 3 nitrogen and oxygen atoms in total. The van der Waals surface area contributed by atoms with Crippen LogP contribution in [0.1, 0.15) is 37.9 Å². The molecule has 0 amide bonds. The first kappa shape index (κ1) is 11.0. The Kier molecular flexibility index (Phi) is 3.86. The molecule has 1 aromatic rings. The Morgan fingerprint density at radius 3 is 2.64 bits per heavy atom. The van der Waals surface area contributed by atoms with Crippen LogP contribution in [0.25, 0.3) is 0 Å². The summed E-state index contributed by atoms with van der Waals surface area (Å²) < 4.78 is 5.37. The minimum absolute atomic E-state index is 0.762. The Hall–Kier alpha value is -1.12. The van der Waals surface area contributed by atoms with Crippen LogP contribution in [-0.2, 0) is 12.8 Å². The molecule has 0 N–H and O–H groups in total. The maximum absolute atomic E-state index is 5.37. The summed E-state index contributed by atoms with van der Waals surface area (Å²) in [6.07, 6.45) is 1.84. The van der Waals surface area contributed by atoms with Gasteiger partial charge in [-0.2, -0.15) is 4.98 Å². The molecule has 3 heteroatoms. The maximum Gasteiger partial charge on any atom is 0.220 e. The first-order valence-corrected chi connectivity index (χ1v) is 5.30. The summed E-state index contributed by atoms with van der Waals surface area (Å²) in [7, 11) is 0. The first-order valence-electron chi connectivity index (χ1n) is 5.30. The largest absolute Gasteiger partial charge is 0.477 e. The number of ether oxygens (including phenoxy) is 1. The number of aromatic nitrogens is 2. The van der Waals surface area contributed by atoms with E-state index in [1.54, 1.807) is 0 Å².